The number of piperidine rings is 1. The molecular weight excluding hydrogens is 672 g/mol. The quantitative estimate of drug-likeness (QED) is 0.109. The summed E-state index contributed by atoms with van der Waals surface area (Å²) < 4.78 is 0. The number of rotatable bonds is 16. The van der Waals surface area contributed by atoms with Gasteiger partial charge in [0.1, 0.15) is 6.04 Å². The third-order valence-corrected chi connectivity index (χ3v) is 12.5. The number of urea groups is 1. The molecule has 0 aromatic carbocycles. The maximum Gasteiger partial charge on any atom is 0.315 e. The van der Waals surface area contributed by atoms with Crippen molar-refractivity contribution >= 4 is 41.1 Å². The fourth-order valence-corrected chi connectivity index (χ4v) is 8.98. The summed E-state index contributed by atoms with van der Waals surface area (Å²) in [5.74, 6) is -2.65. The lowest BCUT2D eigenvalue weighted by Crippen LogP contribution is -2.62. The Morgan fingerprint density at radius 1 is 0.943 bits per heavy atom. The molecule has 5 amide bonds. The zero-order valence-corrected chi connectivity index (χ0v) is 33.9. The van der Waals surface area contributed by atoms with E-state index < -0.39 is 57.9 Å². The minimum Gasteiger partial charge on any atom is -0.333 e. The molecule has 2 saturated heterocycles. The van der Waals surface area contributed by atoms with Crippen molar-refractivity contribution < 1.29 is 33.6 Å². The van der Waals surface area contributed by atoms with E-state index in [2.05, 4.69) is 17.2 Å². The Labute approximate surface area is 317 Å². The van der Waals surface area contributed by atoms with Gasteiger partial charge in [-0.15, -0.1) is 6.58 Å². The number of carbonyl (C=O) groups excluding carboxylic acids is 7. The van der Waals surface area contributed by atoms with Crippen LogP contribution in [0.25, 0.3) is 0 Å². The highest BCUT2D eigenvalue weighted by atomic mass is 16.2. The second kappa shape index (κ2) is 16.2. The third kappa shape index (κ3) is 9.85. The zero-order chi connectivity index (χ0) is 39.7. The Bertz CT molecular complexity index is 1450. The van der Waals surface area contributed by atoms with E-state index in [1.165, 1.54) is 4.90 Å². The van der Waals surface area contributed by atoms with Gasteiger partial charge in [0.05, 0.1) is 12.1 Å². The van der Waals surface area contributed by atoms with Crippen LogP contribution in [0.3, 0.4) is 0 Å². The maximum atomic E-state index is 14.8. The highest BCUT2D eigenvalue weighted by Gasteiger charge is 2.64. The molecule has 0 aromatic rings. The predicted octanol–water partition coefficient (Wildman–Crippen LogP) is 6.18. The van der Waals surface area contributed by atoms with Gasteiger partial charge in [0.2, 0.25) is 23.5 Å². The van der Waals surface area contributed by atoms with Gasteiger partial charge in [-0.25, -0.2) is 4.79 Å². The van der Waals surface area contributed by atoms with Crippen molar-refractivity contribution in [1.82, 2.24) is 20.4 Å². The van der Waals surface area contributed by atoms with Crippen LogP contribution >= 0.6 is 0 Å². The monoisotopic (exact) mass is 738 g/mol. The van der Waals surface area contributed by atoms with Gasteiger partial charge >= 0.3 is 6.03 Å². The lowest BCUT2D eigenvalue weighted by molar-refractivity contribution is -0.153. The number of fused-ring (bicyclic) bond motifs is 2. The number of amides is 5. The number of Topliss-reactive ketones (excluding diaryl/α,β-unsaturated/α-hetero) is 3. The summed E-state index contributed by atoms with van der Waals surface area (Å²) in [4.78, 5) is 98.2. The Kier molecular flexibility index (Phi) is 12.9. The van der Waals surface area contributed by atoms with Gasteiger partial charge < -0.3 is 15.5 Å². The van der Waals surface area contributed by atoms with E-state index >= 15 is 0 Å². The first-order chi connectivity index (χ1) is 24.5. The Morgan fingerprint density at radius 3 is 2.09 bits per heavy atom. The van der Waals surface area contributed by atoms with Gasteiger partial charge in [0.25, 0.3) is 0 Å². The zero-order valence-electron chi connectivity index (χ0n) is 33.9. The molecule has 6 atom stereocenters. The smallest absolute Gasteiger partial charge is 0.315 e. The molecule has 2 aliphatic heterocycles. The topological polar surface area (TPSA) is 150 Å². The van der Waals surface area contributed by atoms with Gasteiger partial charge in [0.15, 0.2) is 11.6 Å². The van der Waals surface area contributed by atoms with Crippen LogP contribution in [0.1, 0.15) is 139 Å². The number of carbonyl (C=O) groups is 7. The minimum atomic E-state index is -0.996. The molecule has 0 radical (unpaired) electrons. The number of likely N-dealkylation sites (tertiary alicyclic amines) is 2. The van der Waals surface area contributed by atoms with Gasteiger partial charge in [-0.05, 0) is 72.0 Å². The molecule has 53 heavy (non-hydrogen) atoms. The van der Waals surface area contributed by atoms with Crippen molar-refractivity contribution in [3.8, 4) is 0 Å². The molecule has 0 bridgehead atoms. The van der Waals surface area contributed by atoms with Crippen LogP contribution in [0, 0.1) is 39.4 Å². The van der Waals surface area contributed by atoms with Crippen molar-refractivity contribution in [2.45, 2.75) is 157 Å². The van der Waals surface area contributed by atoms with Crippen molar-refractivity contribution in [2.75, 3.05) is 13.1 Å². The number of nitrogens with zero attached hydrogens (tertiary/aromatic N) is 2. The van der Waals surface area contributed by atoms with Crippen LogP contribution in [0.2, 0.25) is 0 Å². The molecule has 2 aliphatic carbocycles. The van der Waals surface area contributed by atoms with Gasteiger partial charge in [-0.3, -0.25) is 33.7 Å². The Hall–Kier alpha value is -3.37. The van der Waals surface area contributed by atoms with Crippen molar-refractivity contribution in [2.24, 2.45) is 39.4 Å². The highest BCUT2D eigenvalue weighted by Crippen LogP contribution is 2.66. The average molecular weight is 739 g/mol. The highest BCUT2D eigenvalue weighted by molar-refractivity contribution is 6.38. The number of nitrogens with one attached hydrogen (secondary N) is 2. The summed E-state index contributed by atoms with van der Waals surface area (Å²) in [5.41, 5.74) is -1.56. The number of imide groups is 1. The first-order valence-corrected chi connectivity index (χ1v) is 20.0. The molecule has 4 aliphatic rings. The molecule has 4 fully saturated rings. The summed E-state index contributed by atoms with van der Waals surface area (Å²) >= 11 is 0. The van der Waals surface area contributed by atoms with Crippen LogP contribution in [-0.2, 0) is 28.8 Å². The van der Waals surface area contributed by atoms with Gasteiger partial charge in [-0.2, -0.15) is 0 Å². The summed E-state index contributed by atoms with van der Waals surface area (Å²) in [7, 11) is 0. The number of unbranched alkanes of at least 4 members (excludes halogenated alkanes) is 1. The minimum absolute atomic E-state index is 0.0148. The second-order valence-corrected chi connectivity index (χ2v) is 19.5. The molecule has 1 spiro atoms. The fraction of sp³-hybridized carbons (Fsp3) is 0.786. The van der Waals surface area contributed by atoms with E-state index in [1.807, 2.05) is 62.3 Å². The van der Waals surface area contributed by atoms with Gasteiger partial charge in [-0.1, -0.05) is 81.2 Å². The van der Waals surface area contributed by atoms with Crippen LogP contribution in [0.5, 0.6) is 0 Å². The molecular formula is C42H66N4O7. The summed E-state index contributed by atoms with van der Waals surface area (Å²) in [6, 6.07) is -2.93. The van der Waals surface area contributed by atoms with Crippen molar-refractivity contribution in [3.63, 3.8) is 0 Å². The second-order valence-electron chi connectivity index (χ2n) is 19.5. The normalized spacial score (nSPS) is 25.0. The molecule has 2 saturated carbocycles. The fourth-order valence-electron chi connectivity index (χ4n) is 8.98. The van der Waals surface area contributed by atoms with Crippen LogP contribution < -0.4 is 10.6 Å². The maximum absolute atomic E-state index is 14.8. The van der Waals surface area contributed by atoms with E-state index in [4.69, 9.17) is 0 Å². The predicted molar refractivity (Wildman–Crippen MR) is 203 cm³/mol. The van der Waals surface area contributed by atoms with Crippen LogP contribution in [0.4, 0.5) is 4.79 Å². The first kappa shape index (κ1) is 42.4. The van der Waals surface area contributed by atoms with Crippen LogP contribution in [-0.4, -0.2) is 82.1 Å². The van der Waals surface area contributed by atoms with E-state index in [-0.39, 0.29) is 73.0 Å². The van der Waals surface area contributed by atoms with Crippen molar-refractivity contribution in [3.05, 3.63) is 12.7 Å². The molecule has 11 heteroatoms. The number of ketones is 3. The number of hydrogen-bond acceptors (Lipinski definition) is 7. The first-order valence-electron chi connectivity index (χ1n) is 20.0. The third-order valence-electron chi connectivity index (χ3n) is 12.5. The summed E-state index contributed by atoms with van der Waals surface area (Å²) in [6.07, 6.45) is 8.41. The van der Waals surface area contributed by atoms with Crippen molar-refractivity contribution in [1.29, 1.82) is 0 Å². The molecule has 2 N–H and O–H groups in total. The van der Waals surface area contributed by atoms with E-state index in [9.17, 15) is 33.6 Å². The standard InChI is InChI=1S/C42H66N4O7/c1-11-13-15-26(35(51)29(47)16-14-12-2)21-30(48)34-27-17-18-42(19-20-42)28(27)24-46(34)37(52)36(40(6,7)8)44-38(53)43-31(39(3,4)5)25-45-32(49)22-41(9,10)23-33(45)50/h12,26-28,31,34,36H,2,11,13-25H2,1,3-10H3,(H2,43,44,53)/t26?,27-,28-,31+,34-,36+/m0/s1. The van der Waals surface area contributed by atoms with E-state index in [0.717, 1.165) is 32.1 Å². The summed E-state index contributed by atoms with van der Waals surface area (Å²) in [5, 5.41) is 5.93. The summed E-state index contributed by atoms with van der Waals surface area (Å²) in [6.45, 7) is 21.3. The van der Waals surface area contributed by atoms with Gasteiger partial charge in [0, 0.05) is 44.7 Å². The molecule has 1 unspecified atom stereocenters. The lowest BCUT2D eigenvalue weighted by Gasteiger charge is -2.40. The largest absolute Gasteiger partial charge is 0.333 e. The molecule has 2 heterocycles. The molecule has 296 valence electrons. The number of allylic oxidation sites excluding steroid dienone is 1. The van der Waals surface area contributed by atoms with E-state index in [1.54, 1.807) is 11.0 Å². The molecule has 4 rings (SSSR count). The average Bonchev–Trinajstić information content (AvgIpc) is 3.61. The molecule has 0 aromatic heterocycles. The van der Waals surface area contributed by atoms with E-state index in [0.29, 0.717) is 25.8 Å². The SMILES string of the molecule is C=CCCC(=O)C(=O)C(CCCC)CC(=O)[C@@H]1[C@H]2CCC3(CC3)[C@H]2CN1C(=O)[C@@H](NC(=O)N[C@H](CN1C(=O)CC(C)(C)CC1=O)C(C)(C)C)C(C)(C)C. The lowest BCUT2D eigenvalue weighted by atomic mass is 9.80. The number of hydrogen-bond donors (Lipinski definition) is 2. The van der Waals surface area contributed by atoms with Crippen LogP contribution in [0.15, 0.2) is 12.7 Å². The Morgan fingerprint density at radius 2 is 1.57 bits per heavy atom. The molecule has 11 nitrogen and oxygen atoms in total. The Balaban J connectivity index is 1.56.